The van der Waals surface area contributed by atoms with Crippen LogP contribution in [0.25, 0.3) is 5.82 Å². The number of pyridine rings is 1. The number of hydrogen-bond acceptors (Lipinski definition) is 5. The Labute approximate surface area is 105 Å². The van der Waals surface area contributed by atoms with Crippen LogP contribution in [0.1, 0.15) is 10.4 Å². The molecule has 0 bridgehead atoms. The van der Waals surface area contributed by atoms with E-state index in [9.17, 15) is 14.9 Å². The number of nitrogens with zero attached hydrogens (tertiary/aromatic N) is 4. The molecule has 9 heteroatoms. The number of carbonyl (C=O) groups is 1. The lowest BCUT2D eigenvalue weighted by Crippen LogP contribution is -2.09. The van der Waals surface area contributed by atoms with Crippen LogP contribution in [0.5, 0.6) is 0 Å². The molecule has 8 nitrogen and oxygen atoms in total. The Morgan fingerprint density at radius 3 is 2.78 bits per heavy atom. The molecule has 0 spiro atoms. The largest absolute Gasteiger partial charge is 0.366 e. The van der Waals surface area contributed by atoms with Gasteiger partial charge in [-0.2, -0.15) is 5.10 Å². The van der Waals surface area contributed by atoms with E-state index in [4.69, 9.17) is 17.3 Å². The normalized spacial score (nSPS) is 10.3. The van der Waals surface area contributed by atoms with Crippen LogP contribution < -0.4 is 5.73 Å². The van der Waals surface area contributed by atoms with E-state index >= 15 is 0 Å². The van der Waals surface area contributed by atoms with Gasteiger partial charge < -0.3 is 5.73 Å². The third kappa shape index (κ3) is 2.28. The summed E-state index contributed by atoms with van der Waals surface area (Å²) in [5.41, 5.74) is 5.01. The summed E-state index contributed by atoms with van der Waals surface area (Å²) in [5.74, 6) is -0.528. The van der Waals surface area contributed by atoms with Crippen LogP contribution in [0.3, 0.4) is 0 Å². The lowest BCUT2D eigenvalue weighted by Gasteiger charge is -2.00. The van der Waals surface area contributed by atoms with E-state index in [2.05, 4.69) is 10.1 Å². The van der Waals surface area contributed by atoms with Crippen molar-refractivity contribution in [3.8, 4) is 5.82 Å². The first kappa shape index (κ1) is 12.0. The molecule has 0 aliphatic rings. The minimum Gasteiger partial charge on any atom is -0.366 e. The molecule has 2 N–H and O–H groups in total. The molecule has 0 aliphatic heterocycles. The first-order valence-electron chi connectivity index (χ1n) is 4.64. The van der Waals surface area contributed by atoms with Crippen molar-refractivity contribution in [3.05, 3.63) is 45.4 Å². The number of amides is 1. The van der Waals surface area contributed by atoms with Crippen molar-refractivity contribution in [1.29, 1.82) is 0 Å². The van der Waals surface area contributed by atoms with Gasteiger partial charge in [-0.05, 0) is 0 Å². The summed E-state index contributed by atoms with van der Waals surface area (Å²) < 4.78 is 1.18. The third-order valence-corrected chi connectivity index (χ3v) is 2.27. The molecule has 0 radical (unpaired) electrons. The van der Waals surface area contributed by atoms with Gasteiger partial charge in [-0.25, -0.2) is 9.67 Å². The zero-order valence-electron chi connectivity index (χ0n) is 8.78. The fraction of sp³-hybridized carbons (Fsp3) is 0. The number of hydrogen-bond donors (Lipinski definition) is 1. The molecule has 18 heavy (non-hydrogen) atoms. The van der Waals surface area contributed by atoms with Gasteiger partial charge >= 0.3 is 0 Å². The van der Waals surface area contributed by atoms with Gasteiger partial charge in [0.05, 0.1) is 28.8 Å². The van der Waals surface area contributed by atoms with Crippen molar-refractivity contribution < 1.29 is 9.72 Å². The van der Waals surface area contributed by atoms with Crippen molar-refractivity contribution in [2.24, 2.45) is 5.73 Å². The average Bonchev–Trinajstić information content (AvgIpc) is 2.77. The smallest absolute Gasteiger partial charge is 0.276 e. The molecule has 0 saturated heterocycles. The number of nitrogens with two attached hydrogens (primary N) is 1. The van der Waals surface area contributed by atoms with Gasteiger partial charge in [0.1, 0.15) is 5.15 Å². The molecular formula is C9H6ClN5O3. The maximum Gasteiger partial charge on any atom is 0.276 e. The van der Waals surface area contributed by atoms with Gasteiger partial charge in [-0.15, -0.1) is 0 Å². The van der Waals surface area contributed by atoms with Crippen LogP contribution in [-0.4, -0.2) is 25.6 Å². The van der Waals surface area contributed by atoms with Crippen molar-refractivity contribution in [2.45, 2.75) is 0 Å². The number of carbonyl (C=O) groups excluding carboxylic acids is 1. The second-order valence-electron chi connectivity index (χ2n) is 3.30. The maximum atomic E-state index is 10.9. The lowest BCUT2D eigenvalue weighted by atomic mass is 10.3. The Morgan fingerprint density at radius 2 is 2.22 bits per heavy atom. The SMILES string of the molecule is NC(=O)c1cnn(-c2cc([N+](=O)[O-])cc(Cl)n2)c1. The highest BCUT2D eigenvalue weighted by atomic mass is 35.5. The maximum absolute atomic E-state index is 10.9. The van der Waals surface area contributed by atoms with E-state index < -0.39 is 10.8 Å². The average molecular weight is 268 g/mol. The summed E-state index contributed by atoms with van der Waals surface area (Å²) >= 11 is 5.67. The Balaban J connectivity index is 2.49. The van der Waals surface area contributed by atoms with Crippen molar-refractivity contribution in [1.82, 2.24) is 14.8 Å². The summed E-state index contributed by atoms with van der Waals surface area (Å²) in [7, 11) is 0. The van der Waals surface area contributed by atoms with E-state index in [0.717, 1.165) is 6.07 Å². The molecular weight excluding hydrogens is 262 g/mol. The summed E-state index contributed by atoms with van der Waals surface area (Å²) in [6, 6.07) is 2.30. The minimum atomic E-state index is -0.655. The molecule has 0 saturated carbocycles. The number of nitro groups is 1. The van der Waals surface area contributed by atoms with Crippen LogP contribution in [0.2, 0.25) is 5.15 Å². The quantitative estimate of drug-likeness (QED) is 0.504. The van der Waals surface area contributed by atoms with Crippen LogP contribution in [0.4, 0.5) is 5.69 Å². The topological polar surface area (TPSA) is 117 Å². The zero-order chi connectivity index (χ0) is 13.3. The zero-order valence-corrected chi connectivity index (χ0v) is 9.53. The van der Waals surface area contributed by atoms with Gasteiger partial charge in [0, 0.05) is 6.20 Å². The van der Waals surface area contributed by atoms with Crippen LogP contribution in [-0.2, 0) is 0 Å². The molecule has 2 aromatic heterocycles. The van der Waals surface area contributed by atoms with Crippen molar-refractivity contribution in [2.75, 3.05) is 0 Å². The Bertz CT molecular complexity index is 639. The molecule has 1 amide bonds. The molecule has 2 rings (SSSR count). The molecule has 2 heterocycles. The molecule has 92 valence electrons. The van der Waals surface area contributed by atoms with Crippen LogP contribution in [0, 0.1) is 10.1 Å². The van der Waals surface area contributed by atoms with Gasteiger partial charge in [-0.1, -0.05) is 11.6 Å². The molecule has 0 aromatic carbocycles. The Hall–Kier alpha value is -2.48. The molecule has 2 aromatic rings. The summed E-state index contributed by atoms with van der Waals surface area (Å²) in [6.45, 7) is 0. The molecule has 0 unspecified atom stereocenters. The van der Waals surface area contributed by atoms with E-state index in [1.54, 1.807) is 0 Å². The van der Waals surface area contributed by atoms with Crippen molar-refractivity contribution >= 4 is 23.2 Å². The second kappa shape index (κ2) is 4.41. The predicted molar refractivity (Wildman–Crippen MR) is 61.5 cm³/mol. The highest BCUT2D eigenvalue weighted by Gasteiger charge is 2.13. The minimum absolute atomic E-state index is 0.0460. The number of aromatic nitrogens is 3. The first-order chi connectivity index (χ1) is 8.47. The van der Waals surface area contributed by atoms with Gasteiger partial charge in [0.25, 0.3) is 11.6 Å². The van der Waals surface area contributed by atoms with Crippen LogP contribution >= 0.6 is 11.6 Å². The number of primary amides is 1. The summed E-state index contributed by atoms with van der Waals surface area (Å²) in [5, 5.41) is 14.4. The van der Waals surface area contributed by atoms with E-state index in [0.29, 0.717) is 0 Å². The lowest BCUT2D eigenvalue weighted by molar-refractivity contribution is -0.384. The van der Waals surface area contributed by atoms with E-state index in [1.807, 2.05) is 0 Å². The Morgan fingerprint density at radius 1 is 1.50 bits per heavy atom. The Kier molecular flexibility index (Phi) is 2.94. The second-order valence-corrected chi connectivity index (χ2v) is 3.69. The molecule has 0 aliphatic carbocycles. The highest BCUT2D eigenvalue weighted by molar-refractivity contribution is 6.29. The van der Waals surface area contributed by atoms with Gasteiger partial charge in [0.2, 0.25) is 0 Å². The number of rotatable bonds is 3. The summed E-state index contributed by atoms with van der Waals surface area (Å²) in [4.78, 5) is 24.8. The standard InChI is InChI=1S/C9H6ClN5O3/c10-7-1-6(15(17)18)2-8(13-7)14-4-5(3-12-14)9(11)16/h1-4H,(H2,11,16). The summed E-state index contributed by atoms with van der Waals surface area (Å²) in [6.07, 6.45) is 2.54. The van der Waals surface area contributed by atoms with E-state index in [1.165, 1.54) is 23.1 Å². The van der Waals surface area contributed by atoms with Gasteiger partial charge in [0.15, 0.2) is 5.82 Å². The van der Waals surface area contributed by atoms with E-state index in [-0.39, 0.29) is 22.2 Å². The van der Waals surface area contributed by atoms with Crippen LogP contribution in [0.15, 0.2) is 24.5 Å². The fourth-order valence-corrected chi connectivity index (χ4v) is 1.47. The number of halogens is 1. The fourth-order valence-electron chi connectivity index (χ4n) is 1.27. The first-order valence-corrected chi connectivity index (χ1v) is 5.02. The molecule has 0 atom stereocenters. The predicted octanol–water partition coefficient (Wildman–Crippen LogP) is 0.928. The monoisotopic (exact) mass is 267 g/mol. The van der Waals surface area contributed by atoms with Crippen molar-refractivity contribution in [3.63, 3.8) is 0 Å². The van der Waals surface area contributed by atoms with Gasteiger partial charge in [-0.3, -0.25) is 14.9 Å². The third-order valence-electron chi connectivity index (χ3n) is 2.08. The highest BCUT2D eigenvalue weighted by Crippen LogP contribution is 2.19. The molecule has 0 fully saturated rings.